The smallest absolute Gasteiger partial charge is 0.460 e. The molecule has 0 aliphatic rings. The fourth-order valence-corrected chi connectivity index (χ4v) is 7.42. The Bertz CT molecular complexity index is 4090. The highest BCUT2D eigenvalue weighted by atomic mass is 36.0. The molecule has 0 aromatic rings. The summed E-state index contributed by atoms with van der Waals surface area (Å²) in [5, 5.41) is -18.7. The molecular weight excluding hydrogens is 2560 g/mol. The first-order valence-electron chi connectivity index (χ1n) is 30.5. The maximum atomic E-state index is 13.5. The first-order chi connectivity index (χ1) is 61.1. The summed E-state index contributed by atoms with van der Waals surface area (Å²) < 4.78 is 1070. The predicted molar refractivity (Wildman–Crippen MR) is 306 cm³/mol. The molecule has 886 valence electrons. The van der Waals surface area contributed by atoms with Crippen LogP contribution in [0.5, 0.6) is 0 Å². The van der Waals surface area contributed by atoms with Gasteiger partial charge in [0, 0.05) is 34.2 Å². The lowest BCUT2D eigenvalue weighted by Gasteiger charge is -2.44. The quantitative estimate of drug-likeness (QED) is 0.0214. The Labute approximate surface area is 781 Å². The highest BCUT2D eigenvalue weighted by molar-refractivity contribution is 8.26. The summed E-state index contributed by atoms with van der Waals surface area (Å²) in [6.45, 7) is -7.21. The normalized spacial score (nSPS) is 16.9. The molecule has 0 saturated heterocycles. The van der Waals surface area contributed by atoms with E-state index in [4.69, 9.17) is 9.32 Å². The van der Waals surface area contributed by atoms with Crippen LogP contribution < -0.4 is 0 Å². The number of rotatable bonds is 43. The molecule has 3 unspecified atom stereocenters. The molecule has 0 amide bonds. The van der Waals surface area contributed by atoms with Crippen LogP contribution in [0.15, 0.2) is 0 Å². The predicted octanol–water partition coefficient (Wildman–Crippen LogP) is 31.7. The SMILES string of the molecule is C.FC(F)(Cl)C(Cl)OCCC(F)(F)C(F)(F)C(F)(F)C(F)(F)C(F)(F)C(F)(F)C(F)(F)C(F)(F)F.FC(F)(F)C(F)(F)C(F)(F)C(F)(F)C(F)(F)C(F)(F)C(F)(F)C(F)(F)C(F)(F)C(F)(F)OC(F)(Cl)C(F)(F)Cl.O=C(OCCC(F)(F)C(F)(F)C(F)(F)C(F)(F)C(F)(F)C(F)(F)C(F)(F)C(F)(F)F)C(F)(F)Cl.O=S(Cl)Cl.OC(OCCC(F)(F)C(F)(F)C(F)(F)C(F)(F)C(F)(F)C(F)(F)C(F)(F)C(F)(F)F)C(F)(F)Cl. The van der Waals surface area contributed by atoms with E-state index in [1.165, 1.54) is 4.74 Å². The molecule has 0 radical (unpaired) electrons. The van der Waals surface area contributed by atoms with E-state index in [1.54, 1.807) is 0 Å². The van der Waals surface area contributed by atoms with Crippen molar-refractivity contribution >= 4 is 106 Å². The first-order valence-corrected chi connectivity index (χ1v) is 35.6. The van der Waals surface area contributed by atoms with Crippen molar-refractivity contribution in [2.45, 2.75) is 268 Å². The van der Waals surface area contributed by atoms with Gasteiger partial charge in [-0.3, -0.25) is 4.74 Å². The minimum Gasteiger partial charge on any atom is -0.460 e. The number of halogens is 89. The van der Waals surface area contributed by atoms with Gasteiger partial charge in [-0.05, 0) is 58.0 Å². The van der Waals surface area contributed by atoms with Crippen molar-refractivity contribution in [1.82, 2.24) is 0 Å². The van der Waals surface area contributed by atoms with Crippen LogP contribution in [0.2, 0.25) is 0 Å². The van der Waals surface area contributed by atoms with E-state index in [-0.39, 0.29) is 7.43 Å². The van der Waals surface area contributed by atoms with Crippen LogP contribution in [0.25, 0.3) is 0 Å². The number of carbonyl (C=O) groups is 1. The molecule has 146 heavy (non-hydrogen) atoms. The van der Waals surface area contributed by atoms with Gasteiger partial charge in [-0.25, -0.2) is 9.00 Å². The van der Waals surface area contributed by atoms with Gasteiger partial charge in [0.25, 0.3) is 0 Å². The first kappa shape index (κ1) is 153. The Kier molecular flexibility index (Phi) is 45.6. The molecular formula is C49H19Cl8F81O7S. The van der Waals surface area contributed by atoms with Gasteiger partial charge in [0.1, 0.15) is 0 Å². The van der Waals surface area contributed by atoms with Gasteiger partial charge >= 0.3 is 235 Å². The van der Waals surface area contributed by atoms with Crippen LogP contribution in [0.1, 0.15) is 26.7 Å². The lowest BCUT2D eigenvalue weighted by Crippen LogP contribution is -2.77. The van der Waals surface area contributed by atoms with Crippen LogP contribution in [-0.4, -0.2) is 276 Å². The van der Waals surface area contributed by atoms with E-state index >= 15 is 0 Å². The Morgan fingerprint density at radius 2 is 0.390 bits per heavy atom. The molecule has 0 rings (SSSR count). The zero-order valence-electron chi connectivity index (χ0n) is 62.3. The van der Waals surface area contributed by atoms with Crippen molar-refractivity contribution in [2.24, 2.45) is 0 Å². The average molecular weight is 2570 g/mol. The third-order valence-electron chi connectivity index (χ3n) is 15.2. The molecule has 0 aliphatic carbocycles. The number of aliphatic hydroxyl groups is 1. The molecule has 0 aromatic carbocycles. The van der Waals surface area contributed by atoms with Crippen molar-refractivity contribution in [1.29, 1.82) is 0 Å². The second-order valence-corrected chi connectivity index (χ2v) is 30.6. The average Bonchev–Trinajstić information content (AvgIpc) is 0.689. The molecule has 0 fully saturated rings. The maximum Gasteiger partial charge on any atom is 0.460 e. The lowest BCUT2D eigenvalue weighted by molar-refractivity contribution is -0.492. The fourth-order valence-electron chi connectivity index (χ4n) is 7.02. The molecule has 0 heterocycles. The van der Waals surface area contributed by atoms with E-state index in [0.29, 0.717) is 0 Å². The van der Waals surface area contributed by atoms with Gasteiger partial charge in [-0.15, -0.1) is 0 Å². The van der Waals surface area contributed by atoms with Crippen LogP contribution >= 0.6 is 91.0 Å². The highest BCUT2D eigenvalue weighted by Gasteiger charge is 3.02. The number of alkyl halides is 87. The summed E-state index contributed by atoms with van der Waals surface area (Å²) in [5.74, 6) is -249. The maximum absolute atomic E-state index is 13.5. The molecule has 1 N–H and O–H groups in total. The summed E-state index contributed by atoms with van der Waals surface area (Å²) >= 11 is 24.1. The van der Waals surface area contributed by atoms with E-state index in [1.807, 2.05) is 0 Å². The van der Waals surface area contributed by atoms with Crippen molar-refractivity contribution in [3.05, 3.63) is 0 Å². The summed E-state index contributed by atoms with van der Waals surface area (Å²) in [7, 11) is 7.36. The van der Waals surface area contributed by atoms with Gasteiger partial charge in [-0.1, -0.05) is 19.0 Å². The summed E-state index contributed by atoms with van der Waals surface area (Å²) in [6.07, 6.45) is -52.9. The van der Waals surface area contributed by atoms with Crippen molar-refractivity contribution in [3.8, 4) is 0 Å². The molecule has 0 bridgehead atoms. The number of hydrogen-bond donors (Lipinski definition) is 1. The minimum atomic E-state index is -9.47. The molecule has 0 aliphatic heterocycles. The van der Waals surface area contributed by atoms with Crippen LogP contribution in [-0.2, 0) is 33.0 Å². The van der Waals surface area contributed by atoms with E-state index < -0.39 is 296 Å². The van der Waals surface area contributed by atoms with Gasteiger partial charge in [0.15, 0.2) is 0 Å². The Hall–Kier alpha value is -3.89. The molecule has 7 nitrogen and oxygen atoms in total. The zero-order valence-corrected chi connectivity index (χ0v) is 69.2. The number of hydrogen-bond acceptors (Lipinski definition) is 7. The summed E-state index contributed by atoms with van der Waals surface area (Å²) in [6, 6.07) is 0. The molecule has 3 atom stereocenters. The number of aliphatic hydroxyl groups excluding tert-OH is 1. The van der Waals surface area contributed by atoms with Crippen LogP contribution in [0.3, 0.4) is 0 Å². The second kappa shape index (κ2) is 43.6. The largest absolute Gasteiger partial charge is 0.460 e. The van der Waals surface area contributed by atoms with Gasteiger partial charge in [0.05, 0.1) is 26.2 Å². The Balaban J connectivity index is -0.000000441. The van der Waals surface area contributed by atoms with E-state index in [0.717, 1.165) is 0 Å². The Morgan fingerprint density at radius 3 is 0.541 bits per heavy atom. The van der Waals surface area contributed by atoms with Gasteiger partial charge in [0.2, 0.25) is 21.1 Å². The van der Waals surface area contributed by atoms with E-state index in [9.17, 15) is 360 Å². The topological polar surface area (TPSA) is 91.3 Å². The summed E-state index contributed by atoms with van der Waals surface area (Å²) in [5.41, 5.74) is -3.16. The number of carbonyl (C=O) groups excluding carboxylic acids is 1. The van der Waals surface area contributed by atoms with Crippen molar-refractivity contribution in [3.63, 3.8) is 0 Å². The van der Waals surface area contributed by atoms with Crippen LogP contribution in [0.4, 0.5) is 356 Å². The monoisotopic (exact) mass is 2570 g/mol. The number of esters is 1. The molecule has 97 heteroatoms. The standard InChI is InChI=1S/C12Cl2F24O.C12H5Cl2F19O.C12H6ClF19O2.C12H4ClF19O2.CH4.Cl2OS/c13-9(31,32)10(14,33)39-12(37,38)8(29,30)6(25,26)4(21,22)2(17,18)1(15,16)3(19,20)5(23,24)7(27,28)11(34,35)36;13-3(5(14,17)18)34-2-1-4(15,16)6(19,20)7(21,22)8(23,24)9(25,26)10(27,28)11(29,30)12(31,32)33;2*13-5(16,17)3(33)34-2-1-4(14,15)6(18,19)7(20,21)8(22,23)9(24,25)10(26,27)11(28,29)12(30,31)32;;1-4(2)3/h;3H,1-2H2;3,33H,1-2H2;1-2H2;1H4;. The lowest BCUT2D eigenvalue weighted by atomic mass is 9.87. The second-order valence-electron chi connectivity index (χ2n) is 25.2. The molecule has 0 spiro atoms. The third-order valence-corrected chi connectivity index (χ3v) is 16.9. The third kappa shape index (κ3) is 26.5. The van der Waals surface area contributed by atoms with Gasteiger partial charge in [-0.2, -0.15) is 356 Å². The van der Waals surface area contributed by atoms with Crippen molar-refractivity contribution < 1.29 is 389 Å². The summed E-state index contributed by atoms with van der Waals surface area (Å²) in [4.78, 5) is 10.4. The fraction of sp³-hybridized carbons (Fsp3) is 0.980. The van der Waals surface area contributed by atoms with E-state index in [2.05, 4.69) is 105 Å². The highest BCUT2D eigenvalue weighted by Crippen LogP contribution is 2.72. The molecule has 0 aromatic heterocycles. The van der Waals surface area contributed by atoms with Crippen LogP contribution in [0, 0.1) is 0 Å². The minimum absolute atomic E-state index is 0. The van der Waals surface area contributed by atoms with Gasteiger partial charge < -0.3 is 19.3 Å². The Morgan fingerprint density at radius 1 is 0.240 bits per heavy atom. The van der Waals surface area contributed by atoms with Crippen molar-refractivity contribution in [2.75, 3.05) is 19.8 Å². The zero-order chi connectivity index (χ0) is 121. The molecule has 0 saturated carbocycles. The number of ether oxygens (including phenoxy) is 4.